The topological polar surface area (TPSA) is 79.5 Å². The molecule has 0 aromatic rings. The summed E-state index contributed by atoms with van der Waals surface area (Å²) in [6.07, 6.45) is 0.303. The highest BCUT2D eigenvalue weighted by Crippen LogP contribution is 2.14. The number of hydrogen-bond donors (Lipinski definition) is 3. The highest BCUT2D eigenvalue weighted by molar-refractivity contribution is 5.79. The molecular weight excluding hydrogens is 246 g/mol. The molecule has 6 nitrogen and oxygen atoms in total. The Morgan fingerprint density at radius 2 is 1.95 bits per heavy atom. The first-order valence-electron chi connectivity index (χ1n) is 6.79. The Hall–Kier alpha value is -1.14. The number of ether oxygens (including phenoxy) is 1. The van der Waals surface area contributed by atoms with Crippen LogP contribution in [0, 0.1) is 5.92 Å². The van der Waals surface area contributed by atoms with Crippen molar-refractivity contribution in [3.63, 3.8) is 0 Å². The lowest BCUT2D eigenvalue weighted by Crippen LogP contribution is -2.59. The van der Waals surface area contributed by atoms with Gasteiger partial charge in [0.2, 0.25) is 11.8 Å². The van der Waals surface area contributed by atoms with Gasteiger partial charge in [-0.15, -0.1) is 0 Å². The third kappa shape index (κ3) is 6.54. The molecule has 0 bridgehead atoms. The van der Waals surface area contributed by atoms with Gasteiger partial charge < -0.3 is 20.7 Å². The molecule has 0 saturated carbocycles. The summed E-state index contributed by atoms with van der Waals surface area (Å²) in [5, 5.41) is 8.57. The van der Waals surface area contributed by atoms with Crippen molar-refractivity contribution in [2.75, 3.05) is 32.8 Å². The smallest absolute Gasteiger partial charge is 0.246 e. The quantitative estimate of drug-likeness (QED) is 0.563. The van der Waals surface area contributed by atoms with E-state index in [1.165, 1.54) is 0 Å². The zero-order valence-corrected chi connectivity index (χ0v) is 12.0. The van der Waals surface area contributed by atoms with E-state index in [-0.39, 0.29) is 24.0 Å². The van der Waals surface area contributed by atoms with Gasteiger partial charge in [-0.1, -0.05) is 13.8 Å². The lowest BCUT2D eigenvalue weighted by molar-refractivity contribution is -0.135. The fraction of sp³-hybridized carbons (Fsp3) is 0.846. The van der Waals surface area contributed by atoms with Gasteiger partial charge in [0.25, 0.3) is 0 Å². The van der Waals surface area contributed by atoms with Crippen LogP contribution in [0.5, 0.6) is 0 Å². The predicted molar refractivity (Wildman–Crippen MR) is 72.7 cm³/mol. The summed E-state index contributed by atoms with van der Waals surface area (Å²) >= 11 is 0. The largest absolute Gasteiger partial charge is 0.363 e. The number of carbonyl (C=O) groups is 2. The Labute approximate surface area is 114 Å². The molecule has 1 fully saturated rings. The second kappa shape index (κ2) is 7.45. The minimum atomic E-state index is -0.216. The Kier molecular flexibility index (Phi) is 6.24. The molecule has 1 rings (SSSR count). The Morgan fingerprint density at radius 1 is 1.26 bits per heavy atom. The summed E-state index contributed by atoms with van der Waals surface area (Å²) in [4.78, 5) is 22.9. The molecule has 1 saturated heterocycles. The molecule has 0 spiro atoms. The van der Waals surface area contributed by atoms with E-state index in [1.807, 2.05) is 20.8 Å². The molecule has 1 aliphatic rings. The zero-order chi connectivity index (χ0) is 14.3. The van der Waals surface area contributed by atoms with E-state index in [9.17, 15) is 9.59 Å². The van der Waals surface area contributed by atoms with Crippen LogP contribution in [0.3, 0.4) is 0 Å². The summed E-state index contributed by atoms with van der Waals surface area (Å²) in [5.74, 6) is 0.221. The summed E-state index contributed by atoms with van der Waals surface area (Å²) in [7, 11) is 0. The van der Waals surface area contributed by atoms with Crippen molar-refractivity contribution in [3.8, 4) is 0 Å². The Morgan fingerprint density at radius 3 is 2.47 bits per heavy atom. The summed E-state index contributed by atoms with van der Waals surface area (Å²) in [6, 6.07) is 0. The van der Waals surface area contributed by atoms with Gasteiger partial charge in [0.15, 0.2) is 0 Å². The van der Waals surface area contributed by atoms with E-state index in [0.29, 0.717) is 25.4 Å². The number of carbonyl (C=O) groups excluding carboxylic acids is 2. The van der Waals surface area contributed by atoms with Gasteiger partial charge >= 0.3 is 0 Å². The Bertz CT molecular complexity index is 314. The van der Waals surface area contributed by atoms with Crippen LogP contribution in [0.2, 0.25) is 0 Å². The maximum Gasteiger partial charge on any atom is 0.246 e. The van der Waals surface area contributed by atoms with Crippen LogP contribution >= 0.6 is 0 Å². The molecule has 2 amide bonds. The normalized spacial score (nSPS) is 16.8. The number of nitrogens with one attached hydrogen (secondary N) is 3. The molecule has 0 aromatic carbocycles. The van der Waals surface area contributed by atoms with Crippen molar-refractivity contribution >= 4 is 11.8 Å². The van der Waals surface area contributed by atoms with E-state index >= 15 is 0 Å². The van der Waals surface area contributed by atoms with Gasteiger partial charge in [0.05, 0.1) is 5.60 Å². The molecule has 110 valence electrons. The predicted octanol–water partition coefficient (Wildman–Crippen LogP) is -0.357. The van der Waals surface area contributed by atoms with E-state index in [1.54, 1.807) is 0 Å². The van der Waals surface area contributed by atoms with Gasteiger partial charge in [0, 0.05) is 32.6 Å². The highest BCUT2D eigenvalue weighted by atomic mass is 16.5. The summed E-state index contributed by atoms with van der Waals surface area (Å²) < 4.78 is 5.49. The van der Waals surface area contributed by atoms with Crippen molar-refractivity contribution < 1.29 is 14.3 Å². The summed E-state index contributed by atoms with van der Waals surface area (Å²) in [5.41, 5.74) is -0.216. The van der Waals surface area contributed by atoms with Crippen molar-refractivity contribution in [1.82, 2.24) is 16.0 Å². The van der Waals surface area contributed by atoms with Crippen LogP contribution in [-0.4, -0.2) is 50.2 Å². The molecule has 3 N–H and O–H groups in total. The third-order valence-corrected chi connectivity index (χ3v) is 2.93. The van der Waals surface area contributed by atoms with E-state index in [2.05, 4.69) is 16.0 Å². The van der Waals surface area contributed by atoms with Gasteiger partial charge in [-0.2, -0.15) is 0 Å². The first-order valence-corrected chi connectivity index (χ1v) is 6.79. The minimum Gasteiger partial charge on any atom is -0.363 e. The van der Waals surface area contributed by atoms with E-state index in [0.717, 1.165) is 13.1 Å². The van der Waals surface area contributed by atoms with Crippen LogP contribution in [0.4, 0.5) is 0 Å². The minimum absolute atomic E-state index is 0.0370. The third-order valence-electron chi connectivity index (χ3n) is 2.93. The maximum absolute atomic E-state index is 11.5. The maximum atomic E-state index is 11.5. The summed E-state index contributed by atoms with van der Waals surface area (Å²) in [6.45, 7) is 8.66. The van der Waals surface area contributed by atoms with Gasteiger partial charge in [0.1, 0.15) is 6.61 Å². The van der Waals surface area contributed by atoms with Gasteiger partial charge in [-0.3, -0.25) is 9.59 Å². The van der Waals surface area contributed by atoms with Crippen LogP contribution in [0.25, 0.3) is 0 Å². The lowest BCUT2D eigenvalue weighted by atomic mass is 10.0. The van der Waals surface area contributed by atoms with Crippen molar-refractivity contribution in [2.45, 2.75) is 32.8 Å². The average molecular weight is 271 g/mol. The van der Waals surface area contributed by atoms with Crippen molar-refractivity contribution in [3.05, 3.63) is 0 Å². The van der Waals surface area contributed by atoms with E-state index in [4.69, 9.17) is 4.74 Å². The zero-order valence-electron chi connectivity index (χ0n) is 12.0. The second-order valence-corrected chi connectivity index (χ2v) is 5.64. The molecule has 0 aromatic heterocycles. The van der Waals surface area contributed by atoms with E-state index < -0.39 is 0 Å². The van der Waals surface area contributed by atoms with Crippen LogP contribution in [-0.2, 0) is 14.3 Å². The molecule has 6 heteroatoms. The monoisotopic (exact) mass is 271 g/mol. The number of hydrogen-bond acceptors (Lipinski definition) is 4. The second-order valence-electron chi connectivity index (χ2n) is 5.64. The van der Waals surface area contributed by atoms with Crippen LogP contribution in [0.1, 0.15) is 27.2 Å². The number of amides is 2. The van der Waals surface area contributed by atoms with Crippen molar-refractivity contribution in [2.24, 2.45) is 5.92 Å². The molecule has 0 aliphatic carbocycles. The molecule has 1 aliphatic heterocycles. The fourth-order valence-electron chi connectivity index (χ4n) is 1.59. The fourth-order valence-corrected chi connectivity index (χ4v) is 1.59. The molecule has 0 atom stereocenters. The van der Waals surface area contributed by atoms with Crippen molar-refractivity contribution in [1.29, 1.82) is 0 Å². The molecule has 0 radical (unpaired) electrons. The van der Waals surface area contributed by atoms with Gasteiger partial charge in [-0.05, 0) is 12.8 Å². The van der Waals surface area contributed by atoms with Crippen LogP contribution in [0.15, 0.2) is 0 Å². The first kappa shape index (κ1) is 15.9. The van der Waals surface area contributed by atoms with Crippen LogP contribution < -0.4 is 16.0 Å². The molecular formula is C13H25N3O3. The average Bonchev–Trinajstić information content (AvgIpc) is 2.31. The van der Waals surface area contributed by atoms with Gasteiger partial charge in [-0.25, -0.2) is 0 Å². The SMILES string of the molecule is CC(C)CNC(=O)CCNC(=O)COC1(C)CNC1. The molecule has 19 heavy (non-hydrogen) atoms. The Balaban J connectivity index is 2.02. The first-order chi connectivity index (χ1) is 8.91. The standard InChI is InChI=1S/C13H25N3O3/c1-10(2)6-16-11(17)4-5-15-12(18)7-19-13(3)8-14-9-13/h10,14H,4-9H2,1-3H3,(H,15,18)(H,16,17). The lowest BCUT2D eigenvalue weighted by Gasteiger charge is -2.38. The highest BCUT2D eigenvalue weighted by Gasteiger charge is 2.32. The molecule has 0 unspecified atom stereocenters. The number of rotatable bonds is 8. The molecule has 1 heterocycles.